The maximum Gasteiger partial charge on any atom is 0.169 e. The molecule has 1 fully saturated rings. The lowest BCUT2D eigenvalue weighted by Crippen LogP contribution is -2.38. The zero-order chi connectivity index (χ0) is 15.2. The van der Waals surface area contributed by atoms with E-state index in [1.165, 1.54) is 6.07 Å². The number of Topliss-reactive ketones (excluding diaryl/α,β-unsaturated/α-hetero) is 1. The molecule has 112 valence electrons. The fraction of sp³-hybridized carbons (Fsp3) is 0.500. The summed E-state index contributed by atoms with van der Waals surface area (Å²) in [5, 5.41) is 0.759. The van der Waals surface area contributed by atoms with Crippen LogP contribution in [-0.4, -0.2) is 5.78 Å². The minimum atomic E-state index is -0.400. The lowest BCUT2D eigenvalue weighted by atomic mass is 9.67. The second-order valence-corrected chi connectivity index (χ2v) is 6.90. The molecule has 0 saturated heterocycles. The van der Waals surface area contributed by atoms with Crippen LogP contribution in [0.1, 0.15) is 45.8 Å². The Morgan fingerprint density at radius 3 is 2.71 bits per heavy atom. The van der Waals surface area contributed by atoms with Crippen molar-refractivity contribution < 1.29 is 13.6 Å². The van der Waals surface area contributed by atoms with Crippen LogP contribution in [0.25, 0.3) is 11.0 Å². The summed E-state index contributed by atoms with van der Waals surface area (Å²) in [5.41, 5.74) is -0.111. The van der Waals surface area contributed by atoms with Gasteiger partial charge in [-0.05, 0) is 30.9 Å². The quantitative estimate of drug-likeness (QED) is 0.790. The molecule has 1 saturated carbocycles. The summed E-state index contributed by atoms with van der Waals surface area (Å²) >= 11 is 0. The van der Waals surface area contributed by atoms with Crippen LogP contribution >= 0.6 is 0 Å². The smallest absolute Gasteiger partial charge is 0.169 e. The Bertz CT molecular complexity index is 684. The highest BCUT2D eigenvalue weighted by molar-refractivity contribution is 5.84. The molecule has 0 N–H and O–H groups in total. The van der Waals surface area contributed by atoms with Crippen LogP contribution in [0.5, 0.6) is 0 Å². The molecule has 1 aromatic carbocycles. The first-order valence-electron chi connectivity index (χ1n) is 7.61. The Morgan fingerprint density at radius 1 is 1.29 bits per heavy atom. The summed E-state index contributed by atoms with van der Waals surface area (Å²) < 4.78 is 19.6. The molecule has 2 atom stereocenters. The van der Waals surface area contributed by atoms with Gasteiger partial charge in [0.2, 0.25) is 0 Å². The average molecular weight is 288 g/mol. The van der Waals surface area contributed by atoms with E-state index in [9.17, 15) is 9.18 Å². The largest absolute Gasteiger partial charge is 0.457 e. The van der Waals surface area contributed by atoms with Crippen LogP contribution in [-0.2, 0) is 10.2 Å². The first-order valence-corrected chi connectivity index (χ1v) is 7.61. The Hall–Kier alpha value is -1.64. The molecule has 1 aliphatic carbocycles. The number of para-hydroxylation sites is 1. The fourth-order valence-corrected chi connectivity index (χ4v) is 3.48. The number of carbonyl (C=O) groups is 1. The van der Waals surface area contributed by atoms with Crippen LogP contribution in [0.2, 0.25) is 0 Å². The second-order valence-electron chi connectivity index (χ2n) is 6.90. The summed E-state index contributed by atoms with van der Waals surface area (Å²) in [5.74, 6) is 1.09. The molecule has 3 rings (SSSR count). The van der Waals surface area contributed by atoms with Gasteiger partial charge in [0, 0.05) is 23.1 Å². The summed E-state index contributed by atoms with van der Waals surface area (Å²) in [4.78, 5) is 12.4. The molecule has 0 amide bonds. The van der Waals surface area contributed by atoms with Crippen LogP contribution in [0.15, 0.2) is 28.7 Å². The molecule has 1 aromatic heterocycles. The van der Waals surface area contributed by atoms with Gasteiger partial charge in [-0.1, -0.05) is 32.9 Å². The molecule has 0 radical (unpaired) electrons. The van der Waals surface area contributed by atoms with E-state index in [-0.39, 0.29) is 17.3 Å². The van der Waals surface area contributed by atoms with Crippen molar-refractivity contribution in [2.75, 3.05) is 0 Å². The molecular weight excluding hydrogens is 267 g/mol. The molecule has 2 aromatic rings. The standard InChI is InChI=1S/C18H21FO2/c1-11-7-8-13(15(20)9-11)18(2,3)16-10-12-5-4-6-14(19)17(12)21-16/h4-6,10-11,13H,7-9H2,1-3H3. The molecule has 1 aliphatic rings. The number of hydrogen-bond donors (Lipinski definition) is 0. The van der Waals surface area contributed by atoms with E-state index in [2.05, 4.69) is 6.92 Å². The van der Waals surface area contributed by atoms with Crippen molar-refractivity contribution >= 4 is 16.8 Å². The zero-order valence-electron chi connectivity index (χ0n) is 12.8. The number of fused-ring (bicyclic) bond motifs is 1. The Kier molecular flexibility index (Phi) is 3.39. The Balaban J connectivity index is 1.99. The molecule has 2 unspecified atom stereocenters. The second kappa shape index (κ2) is 4.97. The summed E-state index contributed by atoms with van der Waals surface area (Å²) in [6.07, 6.45) is 2.59. The Labute approximate surface area is 124 Å². The first-order chi connectivity index (χ1) is 9.89. The van der Waals surface area contributed by atoms with E-state index in [0.29, 0.717) is 23.9 Å². The summed E-state index contributed by atoms with van der Waals surface area (Å²) in [6.45, 7) is 6.18. The van der Waals surface area contributed by atoms with Crippen molar-refractivity contribution in [2.45, 2.75) is 45.4 Å². The van der Waals surface area contributed by atoms with Crippen LogP contribution in [0, 0.1) is 17.7 Å². The first kappa shape index (κ1) is 14.3. The van der Waals surface area contributed by atoms with E-state index >= 15 is 0 Å². The normalized spacial score (nSPS) is 23.7. The van der Waals surface area contributed by atoms with Gasteiger partial charge < -0.3 is 4.42 Å². The van der Waals surface area contributed by atoms with E-state index in [1.807, 2.05) is 26.0 Å². The van der Waals surface area contributed by atoms with Crippen molar-refractivity contribution in [1.82, 2.24) is 0 Å². The number of furan rings is 1. The highest BCUT2D eigenvalue weighted by Crippen LogP contribution is 2.42. The van der Waals surface area contributed by atoms with Gasteiger partial charge >= 0.3 is 0 Å². The molecule has 0 bridgehead atoms. The molecule has 2 nitrogen and oxygen atoms in total. The maximum absolute atomic E-state index is 13.8. The molecule has 0 aliphatic heterocycles. The van der Waals surface area contributed by atoms with Gasteiger partial charge in [0.15, 0.2) is 11.4 Å². The van der Waals surface area contributed by atoms with Gasteiger partial charge in [-0.3, -0.25) is 4.79 Å². The van der Waals surface area contributed by atoms with Crippen LogP contribution < -0.4 is 0 Å². The molecule has 1 heterocycles. The summed E-state index contributed by atoms with van der Waals surface area (Å²) in [7, 11) is 0. The number of halogens is 1. The Morgan fingerprint density at radius 2 is 2.05 bits per heavy atom. The molecule has 3 heteroatoms. The topological polar surface area (TPSA) is 30.2 Å². The number of carbonyl (C=O) groups excluding carboxylic acids is 1. The van der Waals surface area contributed by atoms with E-state index in [0.717, 1.165) is 18.2 Å². The minimum absolute atomic E-state index is 0.0441. The van der Waals surface area contributed by atoms with Gasteiger partial charge in [-0.2, -0.15) is 0 Å². The third kappa shape index (κ3) is 2.39. The van der Waals surface area contributed by atoms with Gasteiger partial charge in [-0.25, -0.2) is 4.39 Å². The van der Waals surface area contributed by atoms with Gasteiger partial charge in [0.05, 0.1) is 0 Å². The van der Waals surface area contributed by atoms with Crippen molar-refractivity contribution in [3.05, 3.63) is 35.8 Å². The monoisotopic (exact) mass is 288 g/mol. The summed E-state index contributed by atoms with van der Waals surface area (Å²) in [6, 6.07) is 6.80. The van der Waals surface area contributed by atoms with E-state index in [4.69, 9.17) is 4.42 Å². The maximum atomic E-state index is 13.8. The number of benzene rings is 1. The third-order valence-corrected chi connectivity index (χ3v) is 4.89. The fourth-order valence-electron chi connectivity index (χ4n) is 3.48. The lowest BCUT2D eigenvalue weighted by molar-refractivity contribution is -0.128. The third-order valence-electron chi connectivity index (χ3n) is 4.89. The van der Waals surface area contributed by atoms with E-state index < -0.39 is 5.41 Å². The van der Waals surface area contributed by atoms with Crippen molar-refractivity contribution in [2.24, 2.45) is 11.8 Å². The SMILES string of the molecule is CC1CCC(C(C)(C)c2cc3cccc(F)c3o2)C(=O)C1. The highest BCUT2D eigenvalue weighted by Gasteiger charge is 2.41. The van der Waals surface area contributed by atoms with Crippen molar-refractivity contribution in [1.29, 1.82) is 0 Å². The van der Waals surface area contributed by atoms with Gasteiger partial charge in [0.1, 0.15) is 11.5 Å². The highest BCUT2D eigenvalue weighted by atomic mass is 19.1. The zero-order valence-corrected chi connectivity index (χ0v) is 12.8. The number of hydrogen-bond acceptors (Lipinski definition) is 2. The van der Waals surface area contributed by atoms with Crippen molar-refractivity contribution in [3.8, 4) is 0 Å². The minimum Gasteiger partial charge on any atom is -0.457 e. The van der Waals surface area contributed by atoms with Gasteiger partial charge in [-0.15, -0.1) is 0 Å². The predicted octanol–water partition coefficient (Wildman–Crippen LogP) is 4.85. The predicted molar refractivity (Wildman–Crippen MR) is 80.7 cm³/mol. The number of rotatable bonds is 2. The van der Waals surface area contributed by atoms with Crippen molar-refractivity contribution in [3.63, 3.8) is 0 Å². The molecule has 21 heavy (non-hydrogen) atoms. The molecule has 0 spiro atoms. The number of ketones is 1. The van der Waals surface area contributed by atoms with E-state index in [1.54, 1.807) is 6.07 Å². The lowest BCUT2D eigenvalue weighted by Gasteiger charge is -2.36. The van der Waals surface area contributed by atoms with Gasteiger partial charge in [0.25, 0.3) is 0 Å². The molecular formula is C18H21FO2. The van der Waals surface area contributed by atoms with Crippen LogP contribution in [0.4, 0.5) is 4.39 Å². The van der Waals surface area contributed by atoms with Crippen LogP contribution in [0.3, 0.4) is 0 Å². The average Bonchev–Trinajstić information content (AvgIpc) is 2.84.